The fraction of sp³-hybridized carbons (Fsp3) is 0.600. The highest BCUT2D eigenvalue weighted by atomic mass is 32.2. The van der Waals surface area contributed by atoms with E-state index >= 15 is 0 Å². The Hall–Kier alpha value is -2.46. The number of benzene rings is 1. The fourth-order valence-electron chi connectivity index (χ4n) is 4.93. The number of thioether (sulfide) groups is 1. The topological polar surface area (TPSA) is 91.4 Å². The highest BCUT2D eigenvalue weighted by Crippen LogP contribution is 2.41. The normalized spacial score (nSPS) is 18.5. The molecule has 1 aliphatic heterocycles. The Morgan fingerprint density at radius 3 is 2.40 bits per heavy atom. The summed E-state index contributed by atoms with van der Waals surface area (Å²) in [7, 11) is 0. The van der Waals surface area contributed by atoms with Crippen molar-refractivity contribution in [3.8, 4) is 10.4 Å². The molecular formula is C30H43FN4O3S2. The molecule has 1 aromatic carbocycles. The number of rotatable bonds is 10. The quantitative estimate of drug-likeness (QED) is 0.373. The molecule has 3 amide bonds. The summed E-state index contributed by atoms with van der Waals surface area (Å²) in [5.41, 5.74) is 2.98. The number of thiazole rings is 1. The minimum absolute atomic E-state index is 0.178. The van der Waals surface area contributed by atoms with Gasteiger partial charge in [0, 0.05) is 17.8 Å². The summed E-state index contributed by atoms with van der Waals surface area (Å²) in [6.45, 7) is 14.6. The predicted molar refractivity (Wildman–Crippen MR) is 162 cm³/mol. The van der Waals surface area contributed by atoms with Crippen LogP contribution in [0.2, 0.25) is 0 Å². The Morgan fingerprint density at radius 2 is 1.85 bits per heavy atom. The molecule has 0 radical (unpaired) electrons. The molecule has 0 spiro atoms. The van der Waals surface area contributed by atoms with E-state index in [2.05, 4.69) is 15.6 Å². The van der Waals surface area contributed by atoms with Crippen LogP contribution in [-0.4, -0.2) is 61.9 Å². The number of hydrogen-bond acceptors (Lipinski definition) is 6. The molecule has 1 aromatic heterocycles. The largest absolute Gasteiger partial charge is 0.350 e. The van der Waals surface area contributed by atoms with Crippen LogP contribution in [0, 0.1) is 6.92 Å². The van der Waals surface area contributed by atoms with Crippen molar-refractivity contribution in [2.75, 3.05) is 6.54 Å². The van der Waals surface area contributed by atoms with Crippen molar-refractivity contribution in [1.29, 1.82) is 0 Å². The fourth-order valence-corrected chi connectivity index (χ4v) is 7.26. The first-order valence-corrected chi connectivity index (χ1v) is 15.9. The maximum absolute atomic E-state index is 14.5. The molecule has 2 unspecified atom stereocenters. The van der Waals surface area contributed by atoms with Gasteiger partial charge in [0.15, 0.2) is 5.67 Å². The molecule has 2 aliphatic rings. The van der Waals surface area contributed by atoms with Crippen LogP contribution in [0.15, 0.2) is 29.8 Å². The van der Waals surface area contributed by atoms with E-state index in [-0.39, 0.29) is 29.9 Å². The molecule has 1 saturated carbocycles. The van der Waals surface area contributed by atoms with Crippen LogP contribution in [0.1, 0.15) is 78.5 Å². The van der Waals surface area contributed by atoms with Gasteiger partial charge >= 0.3 is 0 Å². The summed E-state index contributed by atoms with van der Waals surface area (Å²) in [5, 5.41) is 5.90. The van der Waals surface area contributed by atoms with E-state index in [4.69, 9.17) is 0 Å². The van der Waals surface area contributed by atoms with Gasteiger partial charge in [-0.3, -0.25) is 14.4 Å². The summed E-state index contributed by atoms with van der Waals surface area (Å²) < 4.78 is 13.8. The van der Waals surface area contributed by atoms with Gasteiger partial charge in [0.05, 0.1) is 16.1 Å². The third-order valence-corrected chi connectivity index (χ3v) is 9.41. The number of aromatic nitrogens is 1. The molecule has 220 valence electrons. The van der Waals surface area contributed by atoms with E-state index in [1.54, 1.807) is 28.0 Å². The predicted octanol–water partition coefficient (Wildman–Crippen LogP) is 5.66. The average Bonchev–Trinajstić information content (AvgIpc) is 3.28. The zero-order valence-corrected chi connectivity index (χ0v) is 26.3. The van der Waals surface area contributed by atoms with Crippen molar-refractivity contribution < 1.29 is 18.8 Å². The van der Waals surface area contributed by atoms with Gasteiger partial charge in [0.25, 0.3) is 5.91 Å². The molecule has 40 heavy (non-hydrogen) atoms. The molecule has 1 saturated heterocycles. The average molecular weight is 591 g/mol. The lowest BCUT2D eigenvalue weighted by Gasteiger charge is -2.38. The first-order chi connectivity index (χ1) is 18.9. The van der Waals surface area contributed by atoms with Gasteiger partial charge in [-0.25, -0.2) is 9.37 Å². The van der Waals surface area contributed by atoms with Crippen LogP contribution in [-0.2, 0) is 20.9 Å². The summed E-state index contributed by atoms with van der Waals surface area (Å²) in [5.74, 6) is -1.28. The third-order valence-electron chi connectivity index (χ3n) is 7.12. The second kappa shape index (κ2) is 13.5. The van der Waals surface area contributed by atoms with Crippen LogP contribution in [0.25, 0.3) is 10.4 Å². The van der Waals surface area contributed by atoms with Gasteiger partial charge in [0.1, 0.15) is 12.1 Å². The summed E-state index contributed by atoms with van der Waals surface area (Å²) >= 11 is 3.15. The van der Waals surface area contributed by atoms with Crippen LogP contribution in [0.5, 0.6) is 0 Å². The van der Waals surface area contributed by atoms with Crippen LogP contribution < -0.4 is 10.6 Å². The second-order valence-electron chi connectivity index (χ2n) is 11.0. The number of likely N-dealkylation sites (tertiary alicyclic amines) is 1. The Bertz CT molecular complexity index is 1180. The minimum atomic E-state index is -1.88. The number of nitrogens with one attached hydrogen (secondary N) is 2. The minimum Gasteiger partial charge on any atom is -0.350 e. The van der Waals surface area contributed by atoms with Crippen LogP contribution >= 0.6 is 23.1 Å². The number of halogens is 1. The van der Waals surface area contributed by atoms with Gasteiger partial charge in [-0.15, -0.1) is 11.3 Å². The number of carbonyl (C=O) groups is 3. The van der Waals surface area contributed by atoms with Gasteiger partial charge < -0.3 is 15.5 Å². The van der Waals surface area contributed by atoms with Crippen molar-refractivity contribution in [3.05, 3.63) is 41.0 Å². The third kappa shape index (κ3) is 7.63. The molecule has 2 aromatic rings. The van der Waals surface area contributed by atoms with Crippen LogP contribution in [0.3, 0.4) is 0 Å². The standard InChI is InChI=1S/C28H37FN4O3S2.C2H6/c1-17(2)38-27(4,5)23(32-26(36)28(29)12-13-28)25(35)33-14-6-7-21(33)24(34)30-15-19-8-10-20(11-9-19)22-18(3)31-16-37-22;1-2/h8-11,16-17,21,23H,6-7,12-15H2,1-5H3,(H,30,34)(H,32,36);1-2H3. The lowest BCUT2D eigenvalue weighted by molar-refractivity contribution is -0.143. The Morgan fingerprint density at radius 1 is 1.20 bits per heavy atom. The lowest BCUT2D eigenvalue weighted by Crippen LogP contribution is -2.61. The van der Waals surface area contributed by atoms with Crippen LogP contribution in [0.4, 0.5) is 4.39 Å². The number of nitrogens with zero attached hydrogens (tertiary/aromatic N) is 2. The molecule has 2 heterocycles. The molecular weight excluding hydrogens is 547 g/mol. The van der Waals surface area contributed by atoms with E-state index in [9.17, 15) is 18.8 Å². The number of hydrogen-bond donors (Lipinski definition) is 2. The Labute approximate surface area is 246 Å². The number of amides is 3. The highest BCUT2D eigenvalue weighted by Gasteiger charge is 2.53. The van der Waals surface area contributed by atoms with Crippen molar-refractivity contribution >= 4 is 40.8 Å². The van der Waals surface area contributed by atoms with Crippen molar-refractivity contribution in [2.24, 2.45) is 0 Å². The molecule has 4 rings (SSSR count). The molecule has 2 atom stereocenters. The van der Waals surface area contributed by atoms with E-state index in [0.717, 1.165) is 21.7 Å². The van der Waals surface area contributed by atoms with Crippen molar-refractivity contribution in [1.82, 2.24) is 20.5 Å². The van der Waals surface area contributed by atoms with Crippen molar-refractivity contribution in [2.45, 2.75) is 108 Å². The number of carbonyl (C=O) groups excluding carboxylic acids is 3. The molecule has 0 bridgehead atoms. The zero-order chi connectivity index (χ0) is 29.7. The number of aryl methyl sites for hydroxylation is 1. The first-order valence-electron chi connectivity index (χ1n) is 14.2. The maximum atomic E-state index is 14.5. The SMILES string of the molecule is CC.Cc1ncsc1-c1ccc(CNC(=O)C2CCCN2C(=O)C(NC(=O)C2(F)CC2)C(C)(C)SC(C)C)cc1. The number of alkyl halides is 1. The summed E-state index contributed by atoms with van der Waals surface area (Å²) in [6, 6.07) is 6.44. The van der Waals surface area contributed by atoms with E-state index < -0.39 is 28.4 Å². The second-order valence-corrected chi connectivity index (χ2v) is 14.1. The van der Waals surface area contributed by atoms with Gasteiger partial charge in [-0.1, -0.05) is 52.0 Å². The smallest absolute Gasteiger partial charge is 0.258 e. The van der Waals surface area contributed by atoms with Crippen molar-refractivity contribution in [3.63, 3.8) is 0 Å². The first kappa shape index (κ1) is 32.1. The molecule has 10 heteroatoms. The lowest BCUT2D eigenvalue weighted by atomic mass is 10.00. The molecule has 2 fully saturated rings. The van der Waals surface area contributed by atoms with E-state index in [0.29, 0.717) is 25.9 Å². The monoisotopic (exact) mass is 590 g/mol. The molecule has 1 aliphatic carbocycles. The van der Waals surface area contributed by atoms with Gasteiger partial charge in [0.2, 0.25) is 11.8 Å². The molecule has 2 N–H and O–H groups in total. The van der Waals surface area contributed by atoms with Gasteiger partial charge in [-0.2, -0.15) is 11.8 Å². The zero-order valence-electron chi connectivity index (χ0n) is 24.7. The summed E-state index contributed by atoms with van der Waals surface area (Å²) in [6.07, 6.45) is 1.60. The van der Waals surface area contributed by atoms with Gasteiger partial charge in [-0.05, 0) is 62.8 Å². The Balaban J connectivity index is 0.00000216. The maximum Gasteiger partial charge on any atom is 0.258 e. The summed E-state index contributed by atoms with van der Waals surface area (Å²) in [4.78, 5) is 46.6. The molecule has 7 nitrogen and oxygen atoms in total. The Kier molecular flexibility index (Phi) is 10.8. The van der Waals surface area contributed by atoms with E-state index in [1.165, 1.54) is 0 Å². The van der Waals surface area contributed by atoms with E-state index in [1.807, 2.05) is 78.2 Å². The highest BCUT2D eigenvalue weighted by molar-refractivity contribution is 8.01.